The summed E-state index contributed by atoms with van der Waals surface area (Å²) < 4.78 is 32.8. The van der Waals surface area contributed by atoms with Gasteiger partial charge in [0.15, 0.2) is 6.10 Å². The molecular formula is C22H28N4O4S. The van der Waals surface area contributed by atoms with Crippen molar-refractivity contribution in [3.05, 3.63) is 48.0 Å². The van der Waals surface area contributed by atoms with Gasteiger partial charge in [-0.3, -0.25) is 4.79 Å². The van der Waals surface area contributed by atoms with E-state index in [0.29, 0.717) is 35.8 Å². The van der Waals surface area contributed by atoms with Crippen LogP contribution in [-0.4, -0.2) is 51.9 Å². The summed E-state index contributed by atoms with van der Waals surface area (Å²) in [4.78, 5) is 14.7. The van der Waals surface area contributed by atoms with Gasteiger partial charge in [-0.2, -0.15) is 9.57 Å². The molecule has 2 rings (SSSR count). The summed E-state index contributed by atoms with van der Waals surface area (Å²) in [5, 5.41) is 11.7. The highest BCUT2D eigenvalue weighted by Gasteiger charge is 2.24. The number of ether oxygens (including phenoxy) is 1. The number of hydrogen-bond donors (Lipinski definition) is 1. The van der Waals surface area contributed by atoms with Gasteiger partial charge in [0.05, 0.1) is 27.9 Å². The summed E-state index contributed by atoms with van der Waals surface area (Å²) >= 11 is 0. The largest absolute Gasteiger partial charge is 0.481 e. The Balaban J connectivity index is 2.28. The Labute approximate surface area is 184 Å². The van der Waals surface area contributed by atoms with Crippen LogP contribution in [0.3, 0.4) is 0 Å². The molecule has 0 aliphatic rings. The van der Waals surface area contributed by atoms with Crippen LogP contribution in [0.1, 0.15) is 26.3 Å². The van der Waals surface area contributed by atoms with Crippen molar-refractivity contribution in [1.29, 1.82) is 5.26 Å². The average Bonchev–Trinajstić information content (AvgIpc) is 2.74. The number of amides is 1. The van der Waals surface area contributed by atoms with Crippen LogP contribution in [0.25, 0.3) is 0 Å². The fraction of sp³-hybridized carbons (Fsp3) is 0.364. The average molecular weight is 445 g/mol. The fourth-order valence-corrected chi connectivity index (χ4v) is 4.46. The lowest BCUT2D eigenvalue weighted by Gasteiger charge is -2.23. The molecule has 1 atom stereocenters. The molecule has 2 aromatic rings. The van der Waals surface area contributed by atoms with Gasteiger partial charge in [0.25, 0.3) is 5.91 Å². The third-order valence-corrected chi connectivity index (χ3v) is 6.76. The van der Waals surface area contributed by atoms with Crippen molar-refractivity contribution in [2.24, 2.45) is 0 Å². The maximum atomic E-state index is 12.9. The van der Waals surface area contributed by atoms with Gasteiger partial charge in [-0.05, 0) is 49.4 Å². The molecule has 0 spiro atoms. The summed E-state index contributed by atoms with van der Waals surface area (Å²) in [6, 6.07) is 13.1. The van der Waals surface area contributed by atoms with Gasteiger partial charge in [-0.15, -0.1) is 0 Å². The van der Waals surface area contributed by atoms with Crippen molar-refractivity contribution in [3.63, 3.8) is 0 Å². The first kappa shape index (κ1) is 24.2. The zero-order valence-electron chi connectivity index (χ0n) is 18.4. The monoisotopic (exact) mass is 444 g/mol. The fourth-order valence-electron chi connectivity index (χ4n) is 2.98. The van der Waals surface area contributed by atoms with E-state index in [1.807, 2.05) is 6.07 Å². The lowest BCUT2D eigenvalue weighted by molar-refractivity contribution is -0.122. The van der Waals surface area contributed by atoms with Crippen LogP contribution in [0.4, 0.5) is 11.4 Å². The number of carbonyl (C=O) groups is 1. The van der Waals surface area contributed by atoms with E-state index < -0.39 is 22.0 Å². The van der Waals surface area contributed by atoms with Crippen molar-refractivity contribution in [2.75, 3.05) is 37.4 Å². The number of anilines is 2. The number of nitriles is 1. The Bertz CT molecular complexity index is 1060. The zero-order chi connectivity index (χ0) is 23.2. The molecule has 8 nitrogen and oxygen atoms in total. The number of nitrogens with one attached hydrogen (secondary N) is 1. The molecular weight excluding hydrogens is 416 g/mol. The summed E-state index contributed by atoms with van der Waals surface area (Å²) in [6.45, 7) is 5.86. The molecule has 0 aliphatic heterocycles. The van der Waals surface area contributed by atoms with Crippen LogP contribution in [0.2, 0.25) is 0 Å². The number of benzene rings is 2. The topological polar surface area (TPSA) is 103 Å². The van der Waals surface area contributed by atoms with Gasteiger partial charge in [-0.25, -0.2) is 8.42 Å². The quantitative estimate of drug-likeness (QED) is 0.638. The molecule has 0 radical (unpaired) electrons. The SMILES string of the molecule is CCN(CC)S(=O)(=O)c1ccc(N(C)C)c(NC(=O)C(C)Oc2ccc(C#N)cc2)c1. The van der Waals surface area contributed by atoms with Gasteiger partial charge < -0.3 is 15.0 Å². The summed E-state index contributed by atoms with van der Waals surface area (Å²) in [5.74, 6) is 0.0252. The first-order valence-electron chi connectivity index (χ1n) is 9.93. The Hall–Kier alpha value is -3.09. The summed E-state index contributed by atoms with van der Waals surface area (Å²) in [5.41, 5.74) is 1.53. The van der Waals surface area contributed by atoms with Crippen LogP contribution >= 0.6 is 0 Å². The lowest BCUT2D eigenvalue weighted by Crippen LogP contribution is -2.32. The second-order valence-electron chi connectivity index (χ2n) is 7.05. The van der Waals surface area contributed by atoms with E-state index in [0.717, 1.165) is 0 Å². The molecule has 0 saturated carbocycles. The Morgan fingerprint density at radius 3 is 2.26 bits per heavy atom. The zero-order valence-corrected chi connectivity index (χ0v) is 19.2. The summed E-state index contributed by atoms with van der Waals surface area (Å²) in [7, 11) is -0.0599. The van der Waals surface area contributed by atoms with Gasteiger partial charge in [-0.1, -0.05) is 13.8 Å². The van der Waals surface area contributed by atoms with Crippen molar-refractivity contribution < 1.29 is 17.9 Å². The molecule has 166 valence electrons. The van der Waals surface area contributed by atoms with E-state index in [9.17, 15) is 13.2 Å². The minimum absolute atomic E-state index is 0.109. The Kier molecular flexibility index (Phi) is 8.02. The molecule has 0 saturated heterocycles. The minimum atomic E-state index is -3.67. The van der Waals surface area contributed by atoms with Crippen molar-refractivity contribution >= 4 is 27.3 Å². The van der Waals surface area contributed by atoms with Gasteiger partial charge in [0.2, 0.25) is 10.0 Å². The normalized spacial score (nSPS) is 12.2. The Morgan fingerprint density at radius 1 is 1.13 bits per heavy atom. The van der Waals surface area contributed by atoms with Crippen LogP contribution in [0.15, 0.2) is 47.4 Å². The molecule has 1 N–H and O–H groups in total. The smallest absolute Gasteiger partial charge is 0.265 e. The highest BCUT2D eigenvalue weighted by molar-refractivity contribution is 7.89. The van der Waals surface area contributed by atoms with Crippen LogP contribution in [0.5, 0.6) is 5.75 Å². The predicted molar refractivity (Wildman–Crippen MR) is 121 cm³/mol. The number of hydrogen-bond acceptors (Lipinski definition) is 6. The molecule has 2 aromatic carbocycles. The van der Waals surface area contributed by atoms with E-state index in [1.165, 1.54) is 16.4 Å². The van der Waals surface area contributed by atoms with E-state index in [4.69, 9.17) is 10.00 Å². The number of carbonyl (C=O) groups excluding carboxylic acids is 1. The standard InChI is InChI=1S/C22H28N4O4S/c1-6-26(7-2)31(28,29)19-12-13-21(25(4)5)20(14-19)24-22(27)16(3)30-18-10-8-17(15-23)9-11-18/h8-14,16H,6-7H2,1-5H3,(H,24,27). The summed E-state index contributed by atoms with van der Waals surface area (Å²) in [6.07, 6.45) is -0.842. The van der Waals surface area contributed by atoms with E-state index in [2.05, 4.69) is 5.32 Å². The molecule has 9 heteroatoms. The Morgan fingerprint density at radius 2 is 1.74 bits per heavy atom. The predicted octanol–water partition coefficient (Wildman–Crippen LogP) is 3.06. The van der Waals surface area contributed by atoms with Crippen LogP contribution in [-0.2, 0) is 14.8 Å². The lowest BCUT2D eigenvalue weighted by atomic mass is 10.2. The van der Waals surface area contributed by atoms with Crippen LogP contribution in [0, 0.1) is 11.3 Å². The van der Waals surface area contributed by atoms with Gasteiger partial charge in [0.1, 0.15) is 5.75 Å². The minimum Gasteiger partial charge on any atom is -0.481 e. The van der Waals surface area contributed by atoms with Crippen LogP contribution < -0.4 is 15.0 Å². The highest BCUT2D eigenvalue weighted by Crippen LogP contribution is 2.29. The molecule has 0 fully saturated rings. The molecule has 0 bridgehead atoms. The third-order valence-electron chi connectivity index (χ3n) is 4.72. The molecule has 1 amide bonds. The number of sulfonamides is 1. The molecule has 31 heavy (non-hydrogen) atoms. The maximum absolute atomic E-state index is 12.9. The number of nitrogens with zero attached hydrogens (tertiary/aromatic N) is 3. The van der Waals surface area contributed by atoms with Gasteiger partial charge >= 0.3 is 0 Å². The molecule has 0 aliphatic carbocycles. The first-order chi connectivity index (χ1) is 14.6. The maximum Gasteiger partial charge on any atom is 0.265 e. The van der Waals surface area contributed by atoms with E-state index in [-0.39, 0.29) is 4.90 Å². The van der Waals surface area contributed by atoms with E-state index >= 15 is 0 Å². The second kappa shape index (κ2) is 10.3. The third kappa shape index (κ3) is 5.75. The number of rotatable bonds is 9. The second-order valence-corrected chi connectivity index (χ2v) is 8.99. The van der Waals surface area contributed by atoms with Gasteiger partial charge in [0, 0.05) is 27.2 Å². The van der Waals surface area contributed by atoms with E-state index in [1.54, 1.807) is 70.1 Å². The molecule has 0 aromatic heterocycles. The highest BCUT2D eigenvalue weighted by atomic mass is 32.2. The van der Waals surface area contributed by atoms with Crippen molar-refractivity contribution in [2.45, 2.75) is 31.8 Å². The molecule has 0 heterocycles. The van der Waals surface area contributed by atoms with Crippen molar-refractivity contribution in [1.82, 2.24) is 4.31 Å². The van der Waals surface area contributed by atoms with Crippen molar-refractivity contribution in [3.8, 4) is 11.8 Å². The molecule has 1 unspecified atom stereocenters. The first-order valence-corrected chi connectivity index (χ1v) is 11.4.